The molecule has 1 N–H and O–H groups in total. The Balaban J connectivity index is 2.26. The summed E-state index contributed by atoms with van der Waals surface area (Å²) >= 11 is 0. The first-order valence-electron chi connectivity index (χ1n) is 7.86. The van der Waals surface area contributed by atoms with Crippen LogP contribution in [0, 0.1) is 19.8 Å². The first-order chi connectivity index (χ1) is 11.3. The van der Waals surface area contributed by atoms with Crippen LogP contribution in [-0.4, -0.2) is 34.8 Å². The van der Waals surface area contributed by atoms with Crippen molar-refractivity contribution in [3.63, 3.8) is 0 Å². The first kappa shape index (κ1) is 17.7. The van der Waals surface area contributed by atoms with Crippen LogP contribution in [0.2, 0.25) is 0 Å². The molecule has 0 unspecified atom stereocenters. The third-order valence-electron chi connectivity index (χ3n) is 3.77. The van der Waals surface area contributed by atoms with Gasteiger partial charge in [0, 0.05) is 11.3 Å². The number of hydrogen-bond donors (Lipinski definition) is 1. The van der Waals surface area contributed by atoms with Gasteiger partial charge in [0.15, 0.2) is 0 Å². The fourth-order valence-electron chi connectivity index (χ4n) is 2.52. The summed E-state index contributed by atoms with van der Waals surface area (Å²) in [6.07, 6.45) is 0. The van der Waals surface area contributed by atoms with Gasteiger partial charge in [-0.05, 0) is 44.0 Å². The van der Waals surface area contributed by atoms with E-state index in [1.165, 1.54) is 7.11 Å². The maximum atomic E-state index is 12.5. The topological polar surface area (TPSA) is 73.2 Å². The molecule has 6 heteroatoms. The lowest BCUT2D eigenvalue weighted by Gasteiger charge is -2.20. The molecule has 0 saturated carbocycles. The van der Waals surface area contributed by atoms with E-state index in [0.29, 0.717) is 5.56 Å². The van der Waals surface area contributed by atoms with Crippen molar-refractivity contribution in [2.24, 2.45) is 5.92 Å². The van der Waals surface area contributed by atoms with Crippen LogP contribution < -0.4 is 5.32 Å². The van der Waals surface area contributed by atoms with Crippen LogP contribution in [0.15, 0.2) is 30.3 Å². The van der Waals surface area contributed by atoms with Gasteiger partial charge >= 0.3 is 5.97 Å². The Morgan fingerprint density at radius 2 is 1.92 bits per heavy atom. The van der Waals surface area contributed by atoms with Gasteiger partial charge in [0.25, 0.3) is 5.91 Å². The number of hydrogen-bond acceptors (Lipinski definition) is 4. The number of ether oxygens (including phenoxy) is 1. The van der Waals surface area contributed by atoms with E-state index in [9.17, 15) is 9.59 Å². The Labute approximate surface area is 141 Å². The molecular weight excluding hydrogens is 306 g/mol. The number of aryl methyl sites for hydroxylation is 2. The molecule has 2 rings (SSSR count). The number of carbonyl (C=O) groups is 2. The lowest BCUT2D eigenvalue weighted by molar-refractivity contribution is -0.144. The van der Waals surface area contributed by atoms with Gasteiger partial charge in [0.1, 0.15) is 6.04 Å². The monoisotopic (exact) mass is 329 g/mol. The number of carbonyl (C=O) groups excluding carboxylic acids is 2. The van der Waals surface area contributed by atoms with Crippen LogP contribution in [-0.2, 0) is 9.53 Å². The number of rotatable bonds is 5. The number of benzene rings is 1. The van der Waals surface area contributed by atoms with Gasteiger partial charge in [-0.15, -0.1) is 0 Å². The van der Waals surface area contributed by atoms with Crippen molar-refractivity contribution in [1.29, 1.82) is 0 Å². The molecule has 24 heavy (non-hydrogen) atoms. The summed E-state index contributed by atoms with van der Waals surface area (Å²) in [5, 5.41) is 7.16. The Kier molecular flexibility index (Phi) is 5.39. The highest BCUT2D eigenvalue weighted by atomic mass is 16.5. The second-order valence-electron chi connectivity index (χ2n) is 6.11. The van der Waals surface area contributed by atoms with Crippen LogP contribution in [0.5, 0.6) is 0 Å². The molecule has 128 valence electrons. The van der Waals surface area contributed by atoms with Crippen LogP contribution in [0.4, 0.5) is 0 Å². The molecule has 0 aliphatic rings. The summed E-state index contributed by atoms with van der Waals surface area (Å²) in [6.45, 7) is 7.59. The Bertz CT molecular complexity index is 750. The lowest BCUT2D eigenvalue weighted by Crippen LogP contribution is -2.45. The van der Waals surface area contributed by atoms with Crippen LogP contribution in [0.3, 0.4) is 0 Å². The molecular formula is C18H23N3O3. The standard InChI is InChI=1S/C18H23N3O3/c1-11(2)16(18(23)24-5)19-17(22)14-7-6-8-15(10-14)21-13(4)9-12(3)20-21/h6-11,16H,1-5H3,(H,19,22)/t16-/m1/s1. The van der Waals surface area contributed by atoms with E-state index < -0.39 is 12.0 Å². The Hall–Kier alpha value is -2.63. The van der Waals surface area contributed by atoms with E-state index >= 15 is 0 Å². The maximum absolute atomic E-state index is 12.5. The van der Waals surface area contributed by atoms with E-state index in [2.05, 4.69) is 10.4 Å². The normalized spacial score (nSPS) is 12.1. The summed E-state index contributed by atoms with van der Waals surface area (Å²) in [4.78, 5) is 24.3. The number of methoxy groups -OCH3 is 1. The van der Waals surface area contributed by atoms with Crippen LogP contribution >= 0.6 is 0 Å². The van der Waals surface area contributed by atoms with Gasteiger partial charge in [-0.2, -0.15) is 5.10 Å². The van der Waals surface area contributed by atoms with Crippen LogP contribution in [0.1, 0.15) is 35.6 Å². The largest absolute Gasteiger partial charge is 0.467 e. The summed E-state index contributed by atoms with van der Waals surface area (Å²) in [5.41, 5.74) is 3.16. The van der Waals surface area contributed by atoms with Crippen molar-refractivity contribution >= 4 is 11.9 Å². The first-order valence-corrected chi connectivity index (χ1v) is 7.86. The molecule has 1 amide bonds. The predicted octanol–water partition coefficient (Wildman–Crippen LogP) is 2.42. The molecule has 0 fully saturated rings. The van der Waals surface area contributed by atoms with Gasteiger partial charge in [-0.3, -0.25) is 4.79 Å². The molecule has 0 radical (unpaired) electrons. The van der Waals surface area contributed by atoms with Crippen molar-refractivity contribution in [1.82, 2.24) is 15.1 Å². The predicted molar refractivity (Wildman–Crippen MR) is 91.1 cm³/mol. The van der Waals surface area contributed by atoms with E-state index in [-0.39, 0.29) is 11.8 Å². The van der Waals surface area contributed by atoms with Gasteiger partial charge in [0.05, 0.1) is 18.5 Å². The quantitative estimate of drug-likeness (QED) is 0.855. The second-order valence-corrected chi connectivity index (χ2v) is 6.11. The highest BCUT2D eigenvalue weighted by Crippen LogP contribution is 2.14. The third kappa shape index (κ3) is 3.82. The molecule has 0 aliphatic heterocycles. The van der Waals surface area contributed by atoms with Crippen molar-refractivity contribution in [3.8, 4) is 5.69 Å². The van der Waals surface area contributed by atoms with E-state index in [1.54, 1.807) is 22.9 Å². The summed E-state index contributed by atoms with van der Waals surface area (Å²) in [6, 6.07) is 8.43. The molecule has 0 bridgehead atoms. The van der Waals surface area contributed by atoms with Gasteiger partial charge in [0.2, 0.25) is 0 Å². The molecule has 2 aromatic rings. The summed E-state index contributed by atoms with van der Waals surface area (Å²) in [7, 11) is 1.31. The fraction of sp³-hybridized carbons (Fsp3) is 0.389. The number of nitrogens with one attached hydrogen (secondary N) is 1. The molecule has 1 aromatic heterocycles. The Morgan fingerprint density at radius 3 is 2.46 bits per heavy atom. The SMILES string of the molecule is COC(=O)[C@H](NC(=O)c1cccc(-n2nc(C)cc2C)c1)C(C)C. The summed E-state index contributed by atoms with van der Waals surface area (Å²) in [5.74, 6) is -0.837. The highest BCUT2D eigenvalue weighted by Gasteiger charge is 2.25. The molecule has 6 nitrogen and oxygen atoms in total. The Morgan fingerprint density at radius 1 is 1.21 bits per heavy atom. The summed E-state index contributed by atoms with van der Waals surface area (Å²) < 4.78 is 6.54. The second kappa shape index (κ2) is 7.29. The fourth-order valence-corrected chi connectivity index (χ4v) is 2.52. The van der Waals surface area contributed by atoms with Crippen molar-refractivity contribution in [2.75, 3.05) is 7.11 Å². The molecule has 0 saturated heterocycles. The minimum Gasteiger partial charge on any atom is -0.467 e. The zero-order chi connectivity index (χ0) is 17.9. The average molecular weight is 329 g/mol. The van der Waals surface area contributed by atoms with E-state index in [1.807, 2.05) is 39.8 Å². The highest BCUT2D eigenvalue weighted by molar-refractivity contribution is 5.97. The maximum Gasteiger partial charge on any atom is 0.328 e. The van der Waals surface area contributed by atoms with Gasteiger partial charge < -0.3 is 10.1 Å². The molecule has 0 spiro atoms. The molecule has 0 aliphatic carbocycles. The molecule has 1 heterocycles. The zero-order valence-corrected chi connectivity index (χ0v) is 14.7. The van der Waals surface area contributed by atoms with Crippen molar-refractivity contribution in [3.05, 3.63) is 47.3 Å². The number of aromatic nitrogens is 2. The zero-order valence-electron chi connectivity index (χ0n) is 14.7. The minimum atomic E-state index is -0.681. The number of nitrogens with zero attached hydrogens (tertiary/aromatic N) is 2. The smallest absolute Gasteiger partial charge is 0.328 e. The van der Waals surface area contributed by atoms with Gasteiger partial charge in [-0.25, -0.2) is 9.48 Å². The lowest BCUT2D eigenvalue weighted by atomic mass is 10.0. The number of esters is 1. The van der Waals surface area contributed by atoms with Crippen molar-refractivity contribution in [2.45, 2.75) is 33.7 Å². The third-order valence-corrected chi connectivity index (χ3v) is 3.77. The molecule has 1 aromatic carbocycles. The van der Waals surface area contributed by atoms with E-state index in [4.69, 9.17) is 4.74 Å². The van der Waals surface area contributed by atoms with Crippen LogP contribution in [0.25, 0.3) is 5.69 Å². The van der Waals surface area contributed by atoms with Gasteiger partial charge in [-0.1, -0.05) is 19.9 Å². The molecule has 1 atom stereocenters. The average Bonchev–Trinajstić information content (AvgIpc) is 2.90. The minimum absolute atomic E-state index is 0.0689. The number of amides is 1. The van der Waals surface area contributed by atoms with E-state index in [0.717, 1.165) is 17.1 Å². The van der Waals surface area contributed by atoms with Crippen molar-refractivity contribution < 1.29 is 14.3 Å².